The Bertz CT molecular complexity index is 471. The molecule has 0 bridgehead atoms. The molecule has 1 atom stereocenters. The lowest BCUT2D eigenvalue weighted by molar-refractivity contribution is 0.192. The number of hydrogen-bond acceptors (Lipinski definition) is 4. The molecular weight excluding hydrogens is 235 g/mol. The lowest BCUT2D eigenvalue weighted by atomic mass is 10.3. The fourth-order valence-corrected chi connectivity index (χ4v) is 2.73. The van der Waals surface area contributed by atoms with E-state index in [4.69, 9.17) is 4.74 Å². The molecule has 1 N–H and O–H groups in total. The second-order valence-electron chi connectivity index (χ2n) is 3.47. The Morgan fingerprint density at radius 2 is 2.38 bits per heavy atom. The molecule has 0 saturated carbocycles. The Hall–Kier alpha value is -1.05. The predicted octanol–water partition coefficient (Wildman–Crippen LogP) is 0.288. The summed E-state index contributed by atoms with van der Waals surface area (Å²) in [6.45, 7) is 0.825. The van der Waals surface area contributed by atoms with E-state index in [0.717, 1.165) is 6.07 Å². The van der Waals surface area contributed by atoms with Crippen molar-refractivity contribution in [1.82, 2.24) is 9.71 Å². The smallest absolute Gasteiger partial charge is 0.261 e. The molecule has 1 aliphatic heterocycles. The SMILES string of the molecule is O=S(=O)(NC1CCOC1)c1ncccc1F. The summed E-state index contributed by atoms with van der Waals surface area (Å²) in [5, 5.41) is -0.568. The summed E-state index contributed by atoms with van der Waals surface area (Å²) in [6, 6.07) is 2.10. The number of ether oxygens (including phenoxy) is 1. The summed E-state index contributed by atoms with van der Waals surface area (Å²) in [7, 11) is -3.89. The number of halogens is 1. The van der Waals surface area contributed by atoms with Crippen LogP contribution in [0, 0.1) is 5.82 Å². The van der Waals surface area contributed by atoms with Crippen molar-refractivity contribution in [1.29, 1.82) is 0 Å². The molecule has 0 aromatic carbocycles. The summed E-state index contributed by atoms with van der Waals surface area (Å²) in [4.78, 5) is 3.53. The lowest BCUT2D eigenvalue weighted by Crippen LogP contribution is -2.35. The van der Waals surface area contributed by atoms with Crippen molar-refractivity contribution in [2.75, 3.05) is 13.2 Å². The second-order valence-corrected chi connectivity index (χ2v) is 5.10. The Morgan fingerprint density at radius 3 is 3.00 bits per heavy atom. The van der Waals surface area contributed by atoms with Crippen LogP contribution in [0.2, 0.25) is 0 Å². The predicted molar refractivity (Wildman–Crippen MR) is 53.7 cm³/mol. The number of nitrogens with one attached hydrogen (secondary N) is 1. The molecular formula is C9H11FN2O3S. The van der Waals surface area contributed by atoms with Gasteiger partial charge in [-0.1, -0.05) is 0 Å². The van der Waals surface area contributed by atoms with Crippen molar-refractivity contribution < 1.29 is 17.5 Å². The number of pyridine rings is 1. The van der Waals surface area contributed by atoms with Gasteiger partial charge in [0.15, 0.2) is 5.82 Å². The zero-order valence-corrected chi connectivity index (χ0v) is 9.21. The summed E-state index contributed by atoms with van der Waals surface area (Å²) >= 11 is 0. The topological polar surface area (TPSA) is 68.3 Å². The van der Waals surface area contributed by atoms with Gasteiger partial charge in [0.05, 0.1) is 6.61 Å². The fraction of sp³-hybridized carbons (Fsp3) is 0.444. The van der Waals surface area contributed by atoms with E-state index < -0.39 is 20.9 Å². The molecule has 1 aliphatic rings. The van der Waals surface area contributed by atoms with Gasteiger partial charge in [0.25, 0.3) is 10.0 Å². The van der Waals surface area contributed by atoms with Gasteiger partial charge in [-0.3, -0.25) is 0 Å². The van der Waals surface area contributed by atoms with E-state index in [9.17, 15) is 12.8 Å². The van der Waals surface area contributed by atoms with Crippen LogP contribution in [0.3, 0.4) is 0 Å². The van der Waals surface area contributed by atoms with E-state index in [0.29, 0.717) is 19.6 Å². The molecule has 2 heterocycles. The number of sulfonamides is 1. The zero-order valence-electron chi connectivity index (χ0n) is 8.39. The van der Waals surface area contributed by atoms with Crippen molar-refractivity contribution in [3.63, 3.8) is 0 Å². The van der Waals surface area contributed by atoms with Crippen LogP contribution in [0.1, 0.15) is 6.42 Å². The molecule has 5 nitrogen and oxygen atoms in total. The average molecular weight is 246 g/mol. The van der Waals surface area contributed by atoms with Crippen LogP contribution in [0.4, 0.5) is 4.39 Å². The first-order valence-electron chi connectivity index (χ1n) is 4.80. The van der Waals surface area contributed by atoms with Gasteiger partial charge in [-0.05, 0) is 18.6 Å². The number of aromatic nitrogens is 1. The van der Waals surface area contributed by atoms with Crippen LogP contribution in [0.15, 0.2) is 23.4 Å². The first-order chi connectivity index (χ1) is 7.59. The molecule has 0 radical (unpaired) electrons. The maximum Gasteiger partial charge on any atom is 0.261 e. The number of rotatable bonds is 3. The molecule has 1 unspecified atom stereocenters. The van der Waals surface area contributed by atoms with Crippen LogP contribution in [0.25, 0.3) is 0 Å². The zero-order chi connectivity index (χ0) is 11.6. The van der Waals surface area contributed by atoms with Crippen molar-refractivity contribution >= 4 is 10.0 Å². The normalized spacial score (nSPS) is 21.2. The summed E-state index contributed by atoms with van der Waals surface area (Å²) in [5.41, 5.74) is 0. The highest BCUT2D eigenvalue weighted by Gasteiger charge is 2.26. The van der Waals surface area contributed by atoms with Crippen LogP contribution in [-0.4, -0.2) is 32.7 Å². The van der Waals surface area contributed by atoms with Gasteiger partial charge < -0.3 is 4.74 Å². The molecule has 0 spiro atoms. The summed E-state index contributed by atoms with van der Waals surface area (Å²) in [6.07, 6.45) is 1.83. The van der Waals surface area contributed by atoms with E-state index >= 15 is 0 Å². The fourth-order valence-electron chi connectivity index (χ4n) is 1.47. The third kappa shape index (κ3) is 2.37. The van der Waals surface area contributed by atoms with Gasteiger partial charge in [-0.25, -0.2) is 22.5 Å². The standard InChI is InChI=1S/C9H11FN2O3S/c10-8-2-1-4-11-9(8)16(13,14)12-7-3-5-15-6-7/h1-2,4,7,12H,3,5-6H2. The molecule has 88 valence electrons. The van der Waals surface area contributed by atoms with Crippen LogP contribution < -0.4 is 4.72 Å². The van der Waals surface area contributed by atoms with Crippen molar-refractivity contribution in [3.8, 4) is 0 Å². The highest BCUT2D eigenvalue weighted by atomic mass is 32.2. The number of hydrogen-bond donors (Lipinski definition) is 1. The van der Waals surface area contributed by atoms with E-state index in [-0.39, 0.29) is 6.04 Å². The van der Waals surface area contributed by atoms with Crippen LogP contribution in [0.5, 0.6) is 0 Å². The van der Waals surface area contributed by atoms with E-state index in [1.54, 1.807) is 0 Å². The summed E-state index contributed by atoms with van der Waals surface area (Å²) < 4.78 is 44.1. The summed E-state index contributed by atoms with van der Waals surface area (Å²) in [5.74, 6) is -0.853. The van der Waals surface area contributed by atoms with Gasteiger partial charge >= 0.3 is 0 Å². The maximum atomic E-state index is 13.2. The molecule has 7 heteroatoms. The minimum Gasteiger partial charge on any atom is -0.380 e. The largest absolute Gasteiger partial charge is 0.380 e. The van der Waals surface area contributed by atoms with Crippen molar-refractivity contribution in [2.45, 2.75) is 17.5 Å². The first-order valence-corrected chi connectivity index (χ1v) is 6.28. The first kappa shape index (κ1) is 11.4. The molecule has 0 aliphatic carbocycles. The molecule has 1 fully saturated rings. The van der Waals surface area contributed by atoms with Gasteiger partial charge in [0, 0.05) is 18.8 Å². The molecule has 2 rings (SSSR count). The van der Waals surface area contributed by atoms with Gasteiger partial charge in [-0.15, -0.1) is 0 Å². The van der Waals surface area contributed by atoms with Crippen LogP contribution in [-0.2, 0) is 14.8 Å². The van der Waals surface area contributed by atoms with Crippen molar-refractivity contribution in [2.24, 2.45) is 0 Å². The molecule has 1 aromatic heterocycles. The third-order valence-corrected chi connectivity index (χ3v) is 3.68. The van der Waals surface area contributed by atoms with E-state index in [2.05, 4.69) is 9.71 Å². The minimum absolute atomic E-state index is 0.300. The highest BCUT2D eigenvalue weighted by molar-refractivity contribution is 7.89. The Morgan fingerprint density at radius 1 is 1.56 bits per heavy atom. The molecule has 1 aromatic rings. The van der Waals surface area contributed by atoms with Gasteiger partial charge in [0.2, 0.25) is 5.03 Å². The monoisotopic (exact) mass is 246 g/mol. The molecule has 16 heavy (non-hydrogen) atoms. The van der Waals surface area contributed by atoms with Gasteiger partial charge in [-0.2, -0.15) is 0 Å². The third-order valence-electron chi connectivity index (χ3n) is 2.23. The second kappa shape index (κ2) is 4.44. The lowest BCUT2D eigenvalue weighted by Gasteiger charge is -2.10. The Balaban J connectivity index is 2.21. The minimum atomic E-state index is -3.89. The molecule has 1 saturated heterocycles. The van der Waals surface area contributed by atoms with Crippen molar-refractivity contribution in [3.05, 3.63) is 24.1 Å². The van der Waals surface area contributed by atoms with Gasteiger partial charge in [0.1, 0.15) is 0 Å². The van der Waals surface area contributed by atoms with E-state index in [1.165, 1.54) is 12.3 Å². The molecule has 0 amide bonds. The van der Waals surface area contributed by atoms with Crippen LogP contribution >= 0.6 is 0 Å². The average Bonchev–Trinajstić information content (AvgIpc) is 2.70. The Kier molecular flexibility index (Phi) is 3.17. The quantitative estimate of drug-likeness (QED) is 0.832. The number of nitrogens with zero attached hydrogens (tertiary/aromatic N) is 1. The maximum absolute atomic E-state index is 13.2. The van der Waals surface area contributed by atoms with E-state index in [1.807, 2.05) is 0 Å². The Labute approximate surface area is 92.7 Å². The highest BCUT2D eigenvalue weighted by Crippen LogP contribution is 2.12.